The number of nitrogen functional groups attached to an aromatic ring is 1. The summed E-state index contributed by atoms with van der Waals surface area (Å²) in [5, 5.41) is 0.463. The van der Waals surface area contributed by atoms with Crippen LogP contribution in [-0.2, 0) is 20.7 Å². The monoisotopic (exact) mass is 395 g/mol. The van der Waals surface area contributed by atoms with Gasteiger partial charge in [0.05, 0.1) is 30.2 Å². The summed E-state index contributed by atoms with van der Waals surface area (Å²) < 4.78 is 17.1. The van der Waals surface area contributed by atoms with Gasteiger partial charge in [0.1, 0.15) is 11.5 Å². The van der Waals surface area contributed by atoms with Crippen molar-refractivity contribution in [3.8, 4) is 11.3 Å². The zero-order chi connectivity index (χ0) is 18.9. The van der Waals surface area contributed by atoms with Gasteiger partial charge in [0.25, 0.3) is 0 Å². The van der Waals surface area contributed by atoms with Gasteiger partial charge in [0.2, 0.25) is 5.95 Å². The highest BCUT2D eigenvalue weighted by Gasteiger charge is 2.34. The molecule has 1 atom stereocenters. The Kier molecular flexibility index (Phi) is 5.57. The molecule has 3 rings (SSSR count). The fourth-order valence-corrected chi connectivity index (χ4v) is 3.22. The highest BCUT2D eigenvalue weighted by Crippen LogP contribution is 2.34. The van der Waals surface area contributed by atoms with E-state index in [0.717, 1.165) is 0 Å². The van der Waals surface area contributed by atoms with Crippen molar-refractivity contribution in [1.82, 2.24) is 15.0 Å². The van der Waals surface area contributed by atoms with Gasteiger partial charge >= 0.3 is 0 Å². The predicted octanol–water partition coefficient (Wildman–Crippen LogP) is 2.22. The number of halogens is 1. The van der Waals surface area contributed by atoms with Gasteiger partial charge in [0.15, 0.2) is 4.75 Å². The molecule has 7 nitrogen and oxygen atoms in total. The Morgan fingerprint density at radius 1 is 1.27 bits per heavy atom. The molecule has 0 aromatic carbocycles. The molecular weight excluding hydrogens is 374 g/mol. The molecule has 2 aromatic rings. The summed E-state index contributed by atoms with van der Waals surface area (Å²) in [5.41, 5.74) is 7.69. The van der Waals surface area contributed by atoms with Gasteiger partial charge < -0.3 is 19.9 Å². The fraction of sp³-hybridized carbons (Fsp3) is 0.471. The summed E-state index contributed by atoms with van der Waals surface area (Å²) in [4.78, 5) is 15.6. The summed E-state index contributed by atoms with van der Waals surface area (Å²) in [7, 11) is 0. The lowest BCUT2D eigenvalue weighted by Gasteiger charge is -2.30. The zero-order valence-electron chi connectivity index (χ0n) is 15.0. The molecule has 0 spiro atoms. The Morgan fingerprint density at radius 2 is 1.96 bits per heavy atom. The van der Waals surface area contributed by atoms with E-state index in [1.165, 1.54) is 0 Å². The Balaban J connectivity index is 2.13. The van der Waals surface area contributed by atoms with Crippen molar-refractivity contribution >= 4 is 34.5 Å². The number of rotatable bonds is 4. The molecule has 2 N–H and O–H groups in total. The first-order valence-electron chi connectivity index (χ1n) is 8.26. The average Bonchev–Trinajstić information content (AvgIpc) is 2.62. The Hall–Kier alpha value is -1.61. The third-order valence-corrected chi connectivity index (χ3v) is 6.45. The number of pyridine rings is 1. The lowest BCUT2D eigenvalue weighted by atomic mass is 10.1. The molecule has 3 heterocycles. The van der Waals surface area contributed by atoms with Crippen LogP contribution in [0.15, 0.2) is 18.3 Å². The molecular formula is C17H22ClN5O2S. The van der Waals surface area contributed by atoms with Crippen LogP contribution in [0, 0.1) is 0 Å². The second-order valence-electron chi connectivity index (χ2n) is 6.59. The normalized spacial score (nSPS) is 16.6. The standard InChI is InChI=1S/C17H22ClN5O2S/c1-17(2,26(3)24)14-9-13(11-10-20-15(19)8-12(11)18)21-16(22-14)23-4-6-25-7-5-23/h8-10H,4-7H2,1-3H3,(H2,19,20). The molecule has 1 aliphatic heterocycles. The third-order valence-electron chi connectivity index (χ3n) is 4.49. The van der Waals surface area contributed by atoms with Crippen molar-refractivity contribution in [3.63, 3.8) is 0 Å². The Labute approximate surface area is 161 Å². The molecule has 0 amide bonds. The van der Waals surface area contributed by atoms with Crippen LogP contribution < -0.4 is 10.6 Å². The molecule has 0 saturated carbocycles. The Morgan fingerprint density at radius 3 is 2.58 bits per heavy atom. The summed E-state index contributed by atoms with van der Waals surface area (Å²) in [5.74, 6) is 0.920. The van der Waals surface area contributed by atoms with E-state index in [1.54, 1.807) is 18.5 Å². The number of nitrogens with zero attached hydrogens (tertiary/aromatic N) is 4. The summed E-state index contributed by atoms with van der Waals surface area (Å²) in [6.07, 6.45) is 3.27. The van der Waals surface area contributed by atoms with Crippen molar-refractivity contribution in [3.05, 3.63) is 29.0 Å². The molecule has 1 saturated heterocycles. The molecule has 2 aromatic heterocycles. The van der Waals surface area contributed by atoms with Crippen molar-refractivity contribution in [1.29, 1.82) is 0 Å². The van der Waals surface area contributed by atoms with Crippen LogP contribution in [0.5, 0.6) is 0 Å². The van der Waals surface area contributed by atoms with E-state index in [9.17, 15) is 4.55 Å². The van der Waals surface area contributed by atoms with Gasteiger partial charge in [-0.15, -0.1) is 0 Å². The van der Waals surface area contributed by atoms with E-state index in [0.29, 0.717) is 60.0 Å². The largest absolute Gasteiger partial charge is 0.616 e. The maximum absolute atomic E-state index is 12.3. The summed E-state index contributed by atoms with van der Waals surface area (Å²) >= 11 is 5.24. The highest BCUT2D eigenvalue weighted by molar-refractivity contribution is 7.91. The molecule has 1 fully saturated rings. The molecule has 1 unspecified atom stereocenters. The van der Waals surface area contributed by atoms with Crippen LogP contribution in [-0.4, -0.2) is 52.1 Å². The fourth-order valence-electron chi connectivity index (χ4n) is 2.57. The number of hydrogen-bond donors (Lipinski definition) is 1. The van der Waals surface area contributed by atoms with Gasteiger partial charge in [-0.3, -0.25) is 0 Å². The van der Waals surface area contributed by atoms with Crippen LogP contribution in [0.25, 0.3) is 11.3 Å². The topological polar surface area (TPSA) is 100 Å². The second-order valence-corrected chi connectivity index (χ2v) is 8.93. The van der Waals surface area contributed by atoms with E-state index in [1.807, 2.05) is 19.9 Å². The first kappa shape index (κ1) is 19.2. The quantitative estimate of drug-likeness (QED) is 0.792. The number of hydrogen-bond acceptors (Lipinski definition) is 7. The maximum atomic E-state index is 12.3. The van der Waals surface area contributed by atoms with Crippen LogP contribution in [0.1, 0.15) is 19.5 Å². The van der Waals surface area contributed by atoms with Gasteiger partial charge in [0, 0.05) is 24.8 Å². The summed E-state index contributed by atoms with van der Waals surface area (Å²) in [6, 6.07) is 3.42. The minimum atomic E-state index is -1.12. The van der Waals surface area contributed by atoms with Crippen LogP contribution in [0.3, 0.4) is 0 Å². The number of anilines is 2. The smallest absolute Gasteiger partial charge is 0.226 e. The van der Waals surface area contributed by atoms with Gasteiger partial charge in [-0.25, -0.2) is 15.0 Å². The molecule has 1 aliphatic rings. The van der Waals surface area contributed by atoms with Crippen LogP contribution in [0.2, 0.25) is 5.02 Å². The summed E-state index contributed by atoms with van der Waals surface area (Å²) in [6.45, 7) is 6.45. The van der Waals surface area contributed by atoms with E-state index < -0.39 is 15.9 Å². The number of ether oxygens (including phenoxy) is 1. The van der Waals surface area contributed by atoms with Crippen molar-refractivity contribution in [2.24, 2.45) is 0 Å². The number of aromatic nitrogens is 3. The van der Waals surface area contributed by atoms with Crippen molar-refractivity contribution in [2.45, 2.75) is 18.6 Å². The minimum Gasteiger partial charge on any atom is -0.616 e. The van der Waals surface area contributed by atoms with Crippen LogP contribution in [0.4, 0.5) is 11.8 Å². The van der Waals surface area contributed by atoms with Gasteiger partial charge in [-0.2, -0.15) is 0 Å². The first-order chi connectivity index (χ1) is 12.3. The first-order valence-corrected chi connectivity index (χ1v) is 10.2. The lowest BCUT2D eigenvalue weighted by molar-refractivity contribution is 0.122. The van der Waals surface area contributed by atoms with E-state index >= 15 is 0 Å². The SMILES string of the molecule is C[S+]([O-])C(C)(C)c1cc(-c2cnc(N)cc2Cl)nc(N2CCOCC2)n1. The molecule has 0 bridgehead atoms. The van der Waals surface area contributed by atoms with Crippen molar-refractivity contribution in [2.75, 3.05) is 43.2 Å². The van der Waals surface area contributed by atoms with E-state index in [2.05, 4.69) is 14.9 Å². The van der Waals surface area contributed by atoms with Gasteiger partial charge in [-0.05, 0) is 37.2 Å². The minimum absolute atomic E-state index is 0.344. The van der Waals surface area contributed by atoms with E-state index in [4.69, 9.17) is 27.1 Å². The number of nitrogens with two attached hydrogens (primary N) is 1. The molecule has 0 radical (unpaired) electrons. The second kappa shape index (κ2) is 7.56. The molecule has 140 valence electrons. The third kappa shape index (κ3) is 3.88. The molecule has 26 heavy (non-hydrogen) atoms. The molecule has 0 aliphatic carbocycles. The van der Waals surface area contributed by atoms with Crippen molar-refractivity contribution < 1.29 is 9.29 Å². The van der Waals surface area contributed by atoms with Crippen LogP contribution >= 0.6 is 11.6 Å². The predicted molar refractivity (Wildman–Crippen MR) is 105 cm³/mol. The maximum Gasteiger partial charge on any atom is 0.226 e. The average molecular weight is 396 g/mol. The van der Waals surface area contributed by atoms with E-state index in [-0.39, 0.29) is 0 Å². The lowest BCUT2D eigenvalue weighted by Crippen LogP contribution is -2.38. The Bertz CT molecular complexity index is 797. The zero-order valence-corrected chi connectivity index (χ0v) is 16.6. The number of morpholine rings is 1. The van der Waals surface area contributed by atoms with Gasteiger partial charge in [-0.1, -0.05) is 11.6 Å². The highest BCUT2D eigenvalue weighted by atomic mass is 35.5. The molecule has 9 heteroatoms.